The Bertz CT molecular complexity index is 215. The van der Waals surface area contributed by atoms with E-state index in [2.05, 4.69) is 5.32 Å². The zero-order valence-corrected chi connectivity index (χ0v) is 9.75. The van der Waals surface area contributed by atoms with Crippen LogP contribution in [0.2, 0.25) is 0 Å². The van der Waals surface area contributed by atoms with E-state index in [9.17, 15) is 9.59 Å². The van der Waals surface area contributed by atoms with E-state index in [0.29, 0.717) is 19.4 Å². The molecule has 0 aromatic heterocycles. The molecule has 15 heavy (non-hydrogen) atoms. The summed E-state index contributed by atoms with van der Waals surface area (Å²) in [5.74, 6) is 0.156. The Labute approximate surface area is 92.0 Å². The van der Waals surface area contributed by atoms with E-state index in [0.717, 1.165) is 0 Å². The Hall–Kier alpha value is -0.740. The first-order chi connectivity index (χ1) is 6.97. The van der Waals surface area contributed by atoms with Crippen molar-refractivity contribution in [1.82, 2.24) is 10.2 Å². The summed E-state index contributed by atoms with van der Waals surface area (Å²) in [5.41, 5.74) is 0. The molecule has 0 saturated carbocycles. The van der Waals surface area contributed by atoms with Crippen molar-refractivity contribution in [2.75, 3.05) is 20.1 Å². The predicted molar refractivity (Wildman–Crippen MR) is 59.3 cm³/mol. The fourth-order valence-electron chi connectivity index (χ4n) is 1.22. The lowest BCUT2D eigenvalue weighted by Crippen LogP contribution is -2.40. The number of hydrogen-bond donors (Lipinski definition) is 1. The van der Waals surface area contributed by atoms with E-state index in [1.807, 2.05) is 6.92 Å². The highest BCUT2D eigenvalue weighted by Gasteiger charge is 2.16. The Morgan fingerprint density at radius 3 is 2.47 bits per heavy atom. The van der Waals surface area contributed by atoms with Crippen molar-refractivity contribution < 1.29 is 9.59 Å². The van der Waals surface area contributed by atoms with Crippen LogP contribution in [-0.2, 0) is 9.59 Å². The number of Topliss-reactive ketones (excluding diaryl/α,β-unsaturated/α-hetero) is 2. The molecule has 0 spiro atoms. The van der Waals surface area contributed by atoms with Crippen molar-refractivity contribution >= 4 is 11.6 Å². The molecule has 4 nitrogen and oxygen atoms in total. The molecule has 0 amide bonds. The van der Waals surface area contributed by atoms with Crippen LogP contribution in [0.3, 0.4) is 0 Å². The highest BCUT2D eigenvalue weighted by atomic mass is 16.1. The van der Waals surface area contributed by atoms with Crippen molar-refractivity contribution in [3.63, 3.8) is 0 Å². The maximum Gasteiger partial charge on any atom is 0.149 e. The van der Waals surface area contributed by atoms with Crippen molar-refractivity contribution in [2.24, 2.45) is 0 Å². The summed E-state index contributed by atoms with van der Waals surface area (Å²) in [6.07, 6.45) is 1.11. The average molecular weight is 212 g/mol. The molecule has 0 aliphatic rings. The molecule has 0 aliphatic heterocycles. The molecule has 1 atom stereocenters. The number of carbonyl (C=O) groups excluding carboxylic acids is 2. The van der Waals surface area contributed by atoms with Gasteiger partial charge in [0, 0.05) is 20.0 Å². The van der Waals surface area contributed by atoms with Gasteiger partial charge in [0.2, 0.25) is 0 Å². The van der Waals surface area contributed by atoms with Crippen molar-refractivity contribution in [3.05, 3.63) is 7.05 Å². The molecule has 2 radical (unpaired) electrons. The van der Waals surface area contributed by atoms with Crippen LogP contribution in [0.4, 0.5) is 0 Å². The number of ketones is 2. The molecular weight excluding hydrogens is 192 g/mol. The first-order valence-electron chi connectivity index (χ1n) is 5.18. The summed E-state index contributed by atoms with van der Waals surface area (Å²) in [6.45, 7) is 4.18. The zero-order valence-electron chi connectivity index (χ0n) is 9.75. The van der Waals surface area contributed by atoms with Crippen LogP contribution in [0, 0.1) is 7.05 Å². The Balaban J connectivity index is 4.06. The topological polar surface area (TPSA) is 49.4 Å². The molecule has 1 N–H and O–H groups in total. The molecule has 0 aromatic rings. The largest absolute Gasteiger partial charge is 0.301 e. The van der Waals surface area contributed by atoms with Gasteiger partial charge in [0.15, 0.2) is 0 Å². The van der Waals surface area contributed by atoms with Gasteiger partial charge in [-0.25, -0.2) is 0 Å². The smallest absolute Gasteiger partial charge is 0.149 e. The maximum absolute atomic E-state index is 11.5. The molecule has 0 bridgehead atoms. The fourth-order valence-corrected chi connectivity index (χ4v) is 1.22. The van der Waals surface area contributed by atoms with E-state index < -0.39 is 0 Å². The Morgan fingerprint density at radius 1 is 1.47 bits per heavy atom. The molecule has 1 unspecified atom stereocenters. The quantitative estimate of drug-likeness (QED) is 0.595. The van der Waals surface area contributed by atoms with Gasteiger partial charge in [0.1, 0.15) is 11.6 Å². The van der Waals surface area contributed by atoms with E-state index in [4.69, 9.17) is 7.05 Å². The zero-order chi connectivity index (χ0) is 11.8. The first kappa shape index (κ1) is 14.3. The Morgan fingerprint density at radius 2 is 2.07 bits per heavy atom. The van der Waals surface area contributed by atoms with Gasteiger partial charge < -0.3 is 10.2 Å². The van der Waals surface area contributed by atoms with Crippen LogP contribution < -0.4 is 5.32 Å². The van der Waals surface area contributed by atoms with E-state index >= 15 is 0 Å². The van der Waals surface area contributed by atoms with Crippen LogP contribution in [0.15, 0.2) is 0 Å². The number of rotatable bonds is 8. The third kappa shape index (κ3) is 7.22. The van der Waals surface area contributed by atoms with Gasteiger partial charge in [-0.1, -0.05) is 6.92 Å². The van der Waals surface area contributed by atoms with Gasteiger partial charge in [-0.2, -0.15) is 0 Å². The molecule has 0 aromatic carbocycles. The lowest BCUT2D eigenvalue weighted by molar-refractivity contribution is -0.121. The lowest BCUT2D eigenvalue weighted by Gasteiger charge is -2.18. The summed E-state index contributed by atoms with van der Waals surface area (Å²) in [4.78, 5) is 23.8. The number of nitrogens with zero attached hydrogens (tertiary/aromatic N) is 1. The summed E-state index contributed by atoms with van der Waals surface area (Å²) in [5, 5.41) is 2.94. The molecule has 0 rings (SSSR count). The SMILES string of the molecule is [CH]N(C)CCC(NCC(C)=O)C(=O)CC. The first-order valence-corrected chi connectivity index (χ1v) is 5.18. The molecule has 0 aliphatic carbocycles. The number of hydrogen-bond acceptors (Lipinski definition) is 4. The second kappa shape index (κ2) is 7.54. The van der Waals surface area contributed by atoms with Crippen LogP contribution in [0.1, 0.15) is 26.7 Å². The van der Waals surface area contributed by atoms with Gasteiger partial charge in [0.05, 0.1) is 12.6 Å². The van der Waals surface area contributed by atoms with Crippen molar-refractivity contribution in [2.45, 2.75) is 32.7 Å². The summed E-state index contributed by atoms with van der Waals surface area (Å²) < 4.78 is 0. The normalized spacial score (nSPS) is 12.9. The van der Waals surface area contributed by atoms with Gasteiger partial charge in [-0.15, -0.1) is 0 Å². The second-order valence-corrected chi connectivity index (χ2v) is 3.72. The second-order valence-electron chi connectivity index (χ2n) is 3.72. The highest BCUT2D eigenvalue weighted by molar-refractivity contribution is 5.85. The summed E-state index contributed by atoms with van der Waals surface area (Å²) >= 11 is 0. The average Bonchev–Trinajstić information content (AvgIpc) is 2.16. The minimum absolute atomic E-state index is 0.0324. The Kier molecular flexibility index (Phi) is 7.17. The number of nitrogens with one attached hydrogen (secondary N) is 1. The third-order valence-corrected chi connectivity index (χ3v) is 2.11. The third-order valence-electron chi connectivity index (χ3n) is 2.11. The minimum atomic E-state index is -0.259. The predicted octanol–water partition coefficient (Wildman–Crippen LogP) is 0.503. The van der Waals surface area contributed by atoms with Crippen LogP contribution in [-0.4, -0.2) is 42.6 Å². The molecule has 0 saturated heterocycles. The van der Waals surface area contributed by atoms with Crippen LogP contribution >= 0.6 is 0 Å². The van der Waals surface area contributed by atoms with E-state index in [1.165, 1.54) is 11.8 Å². The lowest BCUT2D eigenvalue weighted by atomic mass is 10.1. The standard InChI is InChI=1S/C11H20N2O2/c1-5-11(15)10(6-7-13(3)4)12-8-9(2)14/h3,10,12H,5-8H2,1-2,4H3. The highest BCUT2D eigenvalue weighted by Crippen LogP contribution is 1.99. The van der Waals surface area contributed by atoms with E-state index in [1.54, 1.807) is 7.05 Å². The molecule has 86 valence electrons. The van der Waals surface area contributed by atoms with Gasteiger partial charge >= 0.3 is 0 Å². The maximum atomic E-state index is 11.5. The van der Waals surface area contributed by atoms with Gasteiger partial charge in [0.25, 0.3) is 0 Å². The van der Waals surface area contributed by atoms with Crippen molar-refractivity contribution in [1.29, 1.82) is 0 Å². The van der Waals surface area contributed by atoms with Crippen LogP contribution in [0.25, 0.3) is 0 Å². The fraction of sp³-hybridized carbons (Fsp3) is 0.727. The molecule has 4 heteroatoms. The summed E-state index contributed by atoms with van der Waals surface area (Å²) in [7, 11) is 7.21. The van der Waals surface area contributed by atoms with Crippen LogP contribution in [0.5, 0.6) is 0 Å². The molecular formula is C11H20N2O2. The van der Waals surface area contributed by atoms with E-state index in [-0.39, 0.29) is 24.2 Å². The molecule has 0 fully saturated rings. The van der Waals surface area contributed by atoms with Crippen molar-refractivity contribution in [3.8, 4) is 0 Å². The minimum Gasteiger partial charge on any atom is -0.301 e. The summed E-state index contributed by atoms with van der Waals surface area (Å²) in [6, 6.07) is -0.259. The monoisotopic (exact) mass is 212 g/mol. The number of carbonyl (C=O) groups is 2. The molecule has 0 heterocycles. The van der Waals surface area contributed by atoms with Gasteiger partial charge in [-0.3, -0.25) is 9.59 Å². The van der Waals surface area contributed by atoms with Gasteiger partial charge in [-0.05, 0) is 20.4 Å².